The van der Waals surface area contributed by atoms with Gasteiger partial charge < -0.3 is 5.32 Å². The molecule has 1 N–H and O–H groups in total. The molecule has 24 heavy (non-hydrogen) atoms. The number of carbonyl (C=O) groups excluding carboxylic acids is 1. The Bertz CT molecular complexity index is 856. The molecule has 7 nitrogen and oxygen atoms in total. The molecule has 0 fully saturated rings. The van der Waals surface area contributed by atoms with Crippen molar-refractivity contribution in [1.29, 1.82) is 0 Å². The number of carbonyl (C=O) groups is 1. The van der Waals surface area contributed by atoms with Gasteiger partial charge in [-0.15, -0.1) is 0 Å². The molecule has 2 aliphatic rings. The Hall–Kier alpha value is -2.44. The Morgan fingerprint density at radius 1 is 1.38 bits per heavy atom. The second-order valence-corrected chi connectivity index (χ2v) is 7.41. The first-order valence-corrected chi connectivity index (χ1v) is 8.36. The van der Waals surface area contributed by atoms with Gasteiger partial charge in [0.2, 0.25) is 5.95 Å². The summed E-state index contributed by atoms with van der Waals surface area (Å²) in [7, 11) is 0. The molecule has 1 aliphatic heterocycles. The third kappa shape index (κ3) is 2.18. The minimum Gasteiger partial charge on any atom is -0.328 e. The van der Waals surface area contributed by atoms with Gasteiger partial charge in [-0.05, 0) is 25.7 Å². The van der Waals surface area contributed by atoms with Crippen molar-refractivity contribution in [3.63, 3.8) is 0 Å². The van der Waals surface area contributed by atoms with Crippen molar-refractivity contribution in [2.75, 3.05) is 5.32 Å². The van der Waals surface area contributed by atoms with Crippen molar-refractivity contribution in [1.82, 2.24) is 24.5 Å². The smallest absolute Gasteiger partial charge is 0.226 e. The molecule has 0 amide bonds. The van der Waals surface area contributed by atoms with Crippen LogP contribution in [0.25, 0.3) is 0 Å². The lowest BCUT2D eigenvalue weighted by Gasteiger charge is -2.38. The Morgan fingerprint density at radius 2 is 2.17 bits per heavy atom. The summed E-state index contributed by atoms with van der Waals surface area (Å²) in [6, 6.07) is -0.248. The number of fused-ring (bicyclic) bond motifs is 1. The van der Waals surface area contributed by atoms with Crippen molar-refractivity contribution >= 4 is 11.7 Å². The van der Waals surface area contributed by atoms with Crippen LogP contribution in [0.4, 0.5) is 5.95 Å². The Balaban J connectivity index is 1.91. The van der Waals surface area contributed by atoms with E-state index in [1.165, 1.54) is 6.33 Å². The van der Waals surface area contributed by atoms with E-state index in [9.17, 15) is 4.79 Å². The number of aryl methyl sites for hydroxylation is 2. The summed E-state index contributed by atoms with van der Waals surface area (Å²) in [6.07, 6.45) is 4.94. The molecule has 4 rings (SSSR count). The molecule has 0 aromatic carbocycles. The highest BCUT2D eigenvalue weighted by Gasteiger charge is 2.42. The highest BCUT2D eigenvalue weighted by atomic mass is 16.1. The van der Waals surface area contributed by atoms with E-state index in [4.69, 9.17) is 0 Å². The van der Waals surface area contributed by atoms with Crippen LogP contribution >= 0.6 is 0 Å². The lowest BCUT2D eigenvalue weighted by Crippen LogP contribution is -2.36. The maximum Gasteiger partial charge on any atom is 0.226 e. The van der Waals surface area contributed by atoms with Crippen LogP contribution in [0, 0.1) is 12.3 Å². The molecule has 2 aromatic heterocycles. The maximum atomic E-state index is 13.0. The summed E-state index contributed by atoms with van der Waals surface area (Å²) < 4.78 is 3.71. The van der Waals surface area contributed by atoms with Crippen molar-refractivity contribution < 1.29 is 4.79 Å². The predicted molar refractivity (Wildman–Crippen MR) is 89.5 cm³/mol. The minimum absolute atomic E-state index is 0.0434. The van der Waals surface area contributed by atoms with Gasteiger partial charge in [-0.2, -0.15) is 15.2 Å². The molecule has 0 spiro atoms. The summed E-state index contributed by atoms with van der Waals surface area (Å²) in [6.45, 7) is 9.09. The number of rotatable bonds is 2. The number of Topliss-reactive ketones (excluding diaryl/α,β-unsaturated/α-hetero) is 1. The van der Waals surface area contributed by atoms with Gasteiger partial charge in [0.1, 0.15) is 12.4 Å². The fourth-order valence-electron chi connectivity index (χ4n) is 3.80. The summed E-state index contributed by atoms with van der Waals surface area (Å²) in [5.74, 6) is 0.872. The van der Waals surface area contributed by atoms with Gasteiger partial charge >= 0.3 is 0 Å². The third-order valence-electron chi connectivity index (χ3n) is 4.88. The van der Waals surface area contributed by atoms with Crippen molar-refractivity contribution in [2.24, 2.45) is 5.41 Å². The fraction of sp³-hybridized carbons (Fsp3) is 0.529. The molecule has 2 aromatic rings. The number of ketones is 1. The van der Waals surface area contributed by atoms with Crippen LogP contribution in [-0.4, -0.2) is 30.3 Å². The predicted octanol–water partition coefficient (Wildman–Crippen LogP) is 2.46. The largest absolute Gasteiger partial charge is 0.328 e. The highest BCUT2D eigenvalue weighted by molar-refractivity contribution is 6.00. The average molecular weight is 326 g/mol. The second-order valence-electron chi connectivity index (χ2n) is 7.41. The van der Waals surface area contributed by atoms with Crippen molar-refractivity contribution in [2.45, 2.75) is 53.1 Å². The summed E-state index contributed by atoms with van der Waals surface area (Å²) in [4.78, 5) is 17.3. The quantitative estimate of drug-likeness (QED) is 0.917. The van der Waals surface area contributed by atoms with Crippen LogP contribution in [0.15, 0.2) is 23.8 Å². The molecular formula is C17H22N6O. The van der Waals surface area contributed by atoms with E-state index in [0.29, 0.717) is 12.4 Å². The first-order chi connectivity index (χ1) is 11.4. The molecule has 0 radical (unpaired) electrons. The topological polar surface area (TPSA) is 77.6 Å². The van der Waals surface area contributed by atoms with Crippen LogP contribution in [-0.2, 0) is 11.3 Å². The first-order valence-electron chi connectivity index (χ1n) is 8.36. The summed E-state index contributed by atoms with van der Waals surface area (Å²) in [5, 5.41) is 12.3. The second kappa shape index (κ2) is 5.03. The number of hydrogen-bond acceptors (Lipinski definition) is 5. The number of aromatic nitrogens is 5. The zero-order valence-electron chi connectivity index (χ0n) is 14.5. The SMILES string of the molecule is CCn1cc(C2C3=C(CC(C)(C)CC3=O)Nc3ncnn32)c(C)n1. The molecule has 1 atom stereocenters. The minimum atomic E-state index is -0.248. The van der Waals surface area contributed by atoms with Gasteiger partial charge in [0.05, 0.1) is 5.69 Å². The van der Waals surface area contributed by atoms with Gasteiger partial charge in [0, 0.05) is 36.0 Å². The van der Waals surface area contributed by atoms with Crippen LogP contribution in [0.3, 0.4) is 0 Å². The van der Waals surface area contributed by atoms with E-state index in [1.54, 1.807) is 4.68 Å². The number of allylic oxidation sites excluding steroid dienone is 2. The molecule has 1 unspecified atom stereocenters. The Labute approximate surface area is 140 Å². The van der Waals surface area contributed by atoms with E-state index in [1.807, 2.05) is 17.8 Å². The van der Waals surface area contributed by atoms with E-state index in [2.05, 4.69) is 41.3 Å². The van der Waals surface area contributed by atoms with Gasteiger partial charge in [0.25, 0.3) is 0 Å². The molecule has 126 valence electrons. The average Bonchev–Trinajstić information content (AvgIpc) is 3.09. The number of hydrogen-bond donors (Lipinski definition) is 1. The normalized spacial score (nSPS) is 22.2. The monoisotopic (exact) mass is 326 g/mol. The van der Waals surface area contributed by atoms with E-state index >= 15 is 0 Å². The highest BCUT2D eigenvalue weighted by Crippen LogP contribution is 2.45. The molecule has 0 saturated heterocycles. The van der Waals surface area contributed by atoms with Crippen molar-refractivity contribution in [3.8, 4) is 0 Å². The van der Waals surface area contributed by atoms with Gasteiger partial charge in [-0.25, -0.2) is 4.68 Å². The fourth-order valence-corrected chi connectivity index (χ4v) is 3.80. The number of nitrogens with one attached hydrogen (secondary N) is 1. The van der Waals surface area contributed by atoms with Gasteiger partial charge in [-0.1, -0.05) is 13.8 Å². The molecular weight excluding hydrogens is 304 g/mol. The molecule has 1 aliphatic carbocycles. The van der Waals surface area contributed by atoms with Crippen LogP contribution in [0.2, 0.25) is 0 Å². The van der Waals surface area contributed by atoms with E-state index in [0.717, 1.165) is 35.5 Å². The Morgan fingerprint density at radius 3 is 2.88 bits per heavy atom. The molecule has 3 heterocycles. The zero-order valence-corrected chi connectivity index (χ0v) is 14.5. The van der Waals surface area contributed by atoms with Crippen molar-refractivity contribution in [3.05, 3.63) is 35.1 Å². The van der Waals surface area contributed by atoms with Crippen LogP contribution in [0.1, 0.15) is 50.9 Å². The molecule has 0 saturated carbocycles. The van der Waals surface area contributed by atoms with Gasteiger partial charge in [-0.3, -0.25) is 9.48 Å². The van der Waals surface area contributed by atoms with Crippen LogP contribution in [0.5, 0.6) is 0 Å². The van der Waals surface area contributed by atoms with Gasteiger partial charge in [0.15, 0.2) is 5.78 Å². The van der Waals surface area contributed by atoms with Crippen LogP contribution < -0.4 is 5.32 Å². The Kier molecular flexibility index (Phi) is 3.16. The first kappa shape index (κ1) is 15.1. The number of nitrogens with zero attached hydrogens (tertiary/aromatic N) is 5. The third-order valence-corrected chi connectivity index (χ3v) is 4.88. The standard InChI is InChI=1S/C17H22N6O/c1-5-22-8-11(10(2)21-22)15-14-12(6-17(3,4)7-13(14)24)20-16-18-9-19-23(15)16/h8-9,15H,5-7H2,1-4H3,(H,18,19,20). The molecule has 0 bridgehead atoms. The lowest BCUT2D eigenvalue weighted by molar-refractivity contribution is -0.118. The lowest BCUT2D eigenvalue weighted by atomic mass is 9.73. The number of anilines is 1. The molecule has 7 heteroatoms. The maximum absolute atomic E-state index is 13.0. The van der Waals surface area contributed by atoms with E-state index in [-0.39, 0.29) is 17.2 Å². The summed E-state index contributed by atoms with van der Waals surface area (Å²) in [5.41, 5.74) is 3.69. The zero-order chi connectivity index (χ0) is 17.1. The summed E-state index contributed by atoms with van der Waals surface area (Å²) >= 11 is 0. The van der Waals surface area contributed by atoms with E-state index < -0.39 is 0 Å².